The second-order valence-corrected chi connectivity index (χ2v) is 5.98. The van der Waals surface area contributed by atoms with Crippen molar-refractivity contribution in [1.29, 1.82) is 0 Å². The van der Waals surface area contributed by atoms with Crippen LogP contribution in [0, 0.1) is 6.92 Å². The Morgan fingerprint density at radius 2 is 1.95 bits per heavy atom. The van der Waals surface area contributed by atoms with Crippen LogP contribution < -0.4 is 5.32 Å². The third-order valence-electron chi connectivity index (χ3n) is 3.44. The highest BCUT2D eigenvalue weighted by Crippen LogP contribution is 2.24. The van der Waals surface area contributed by atoms with E-state index in [1.165, 1.54) is 16.7 Å². The molecule has 2 aromatic rings. The normalized spacial score (nSPS) is 12.3. The van der Waals surface area contributed by atoms with Gasteiger partial charge in [0.2, 0.25) is 0 Å². The Morgan fingerprint density at radius 1 is 1.20 bits per heavy atom. The quantitative estimate of drug-likeness (QED) is 0.846. The lowest BCUT2D eigenvalue weighted by molar-refractivity contribution is 0.527. The Labute approximate surface area is 129 Å². The number of hydrogen-bond acceptors (Lipinski definition) is 2. The molecule has 106 valence electrons. The van der Waals surface area contributed by atoms with Gasteiger partial charge in [0, 0.05) is 22.9 Å². The number of pyridine rings is 1. The first-order chi connectivity index (χ1) is 9.70. The summed E-state index contributed by atoms with van der Waals surface area (Å²) in [5, 5.41) is 3.66. The largest absolute Gasteiger partial charge is 0.310 e. The Balaban J connectivity index is 2.22. The molecular weight excluding hydrogens is 312 g/mol. The summed E-state index contributed by atoms with van der Waals surface area (Å²) in [7, 11) is 0. The van der Waals surface area contributed by atoms with Crippen LogP contribution in [-0.2, 0) is 6.42 Å². The van der Waals surface area contributed by atoms with Crippen LogP contribution in [0.15, 0.2) is 47.2 Å². The number of benzene rings is 1. The molecule has 0 amide bonds. The van der Waals surface area contributed by atoms with Crippen molar-refractivity contribution in [3.05, 3.63) is 63.9 Å². The monoisotopic (exact) mass is 332 g/mol. The lowest BCUT2D eigenvalue weighted by Crippen LogP contribution is -2.24. The summed E-state index contributed by atoms with van der Waals surface area (Å²) in [4.78, 5) is 4.09. The van der Waals surface area contributed by atoms with Crippen molar-refractivity contribution in [1.82, 2.24) is 10.3 Å². The van der Waals surface area contributed by atoms with Crippen LogP contribution in [0.5, 0.6) is 0 Å². The zero-order valence-corrected chi connectivity index (χ0v) is 13.7. The molecule has 2 rings (SSSR count). The maximum atomic E-state index is 4.09. The number of rotatable bonds is 6. The van der Waals surface area contributed by atoms with E-state index in [1.807, 2.05) is 12.4 Å². The molecule has 1 aromatic carbocycles. The molecule has 0 aliphatic carbocycles. The van der Waals surface area contributed by atoms with Crippen LogP contribution in [0.3, 0.4) is 0 Å². The third kappa shape index (κ3) is 4.15. The molecule has 0 radical (unpaired) electrons. The Hall–Kier alpha value is -1.19. The molecule has 1 N–H and O–H groups in total. The van der Waals surface area contributed by atoms with Crippen LogP contribution in [-0.4, -0.2) is 11.5 Å². The van der Waals surface area contributed by atoms with Crippen LogP contribution in [0.4, 0.5) is 0 Å². The smallest absolute Gasteiger partial charge is 0.0363 e. The molecule has 0 spiro atoms. The highest BCUT2D eigenvalue weighted by Gasteiger charge is 2.14. The van der Waals surface area contributed by atoms with E-state index in [9.17, 15) is 0 Å². The summed E-state index contributed by atoms with van der Waals surface area (Å²) in [5.41, 5.74) is 4.01. The lowest BCUT2D eigenvalue weighted by Gasteiger charge is -2.21. The minimum Gasteiger partial charge on any atom is -0.310 e. The predicted molar refractivity (Wildman–Crippen MR) is 87.9 cm³/mol. The molecule has 1 unspecified atom stereocenters. The van der Waals surface area contributed by atoms with Crippen molar-refractivity contribution in [3.8, 4) is 0 Å². The van der Waals surface area contributed by atoms with E-state index in [2.05, 4.69) is 70.4 Å². The van der Waals surface area contributed by atoms with Gasteiger partial charge in [0.15, 0.2) is 0 Å². The molecular formula is C17H21BrN2. The highest BCUT2D eigenvalue weighted by molar-refractivity contribution is 9.10. The molecule has 0 saturated heterocycles. The van der Waals surface area contributed by atoms with E-state index < -0.39 is 0 Å². The van der Waals surface area contributed by atoms with Gasteiger partial charge < -0.3 is 5.32 Å². The fourth-order valence-corrected chi connectivity index (χ4v) is 2.87. The van der Waals surface area contributed by atoms with Crippen molar-refractivity contribution < 1.29 is 0 Å². The zero-order chi connectivity index (χ0) is 14.4. The Kier molecular flexibility index (Phi) is 5.74. The van der Waals surface area contributed by atoms with Crippen LogP contribution in [0.1, 0.15) is 36.1 Å². The predicted octanol–water partition coefficient (Wildman–Crippen LogP) is 4.44. The van der Waals surface area contributed by atoms with Crippen LogP contribution >= 0.6 is 15.9 Å². The number of aryl methyl sites for hydroxylation is 1. The third-order valence-corrected chi connectivity index (χ3v) is 3.93. The standard InChI is InChI=1S/C17H21BrN2/c1-3-8-20-17(12-14-6-9-19-10-7-14)16-5-4-15(18)11-13(16)2/h4-7,9-11,17,20H,3,8,12H2,1-2H3. The van der Waals surface area contributed by atoms with Crippen molar-refractivity contribution in [2.45, 2.75) is 32.7 Å². The fraction of sp³-hybridized carbons (Fsp3) is 0.353. The molecule has 0 aliphatic rings. The summed E-state index contributed by atoms with van der Waals surface area (Å²) in [6.45, 7) is 5.41. The average molecular weight is 333 g/mol. The van der Waals surface area contributed by atoms with Gasteiger partial charge in [-0.05, 0) is 67.3 Å². The van der Waals surface area contributed by atoms with Gasteiger partial charge in [-0.15, -0.1) is 0 Å². The SMILES string of the molecule is CCCNC(Cc1ccncc1)c1ccc(Br)cc1C. The Bertz CT molecular complexity index is 540. The number of nitrogens with zero attached hydrogens (tertiary/aromatic N) is 1. The summed E-state index contributed by atoms with van der Waals surface area (Å²) in [6, 6.07) is 11.1. The lowest BCUT2D eigenvalue weighted by atomic mass is 9.95. The molecule has 0 fully saturated rings. The molecule has 1 aromatic heterocycles. The second kappa shape index (κ2) is 7.55. The van der Waals surface area contributed by atoms with Crippen molar-refractivity contribution in [2.75, 3.05) is 6.54 Å². The van der Waals surface area contributed by atoms with Crippen molar-refractivity contribution in [2.24, 2.45) is 0 Å². The maximum Gasteiger partial charge on any atom is 0.0363 e. The van der Waals surface area contributed by atoms with E-state index in [4.69, 9.17) is 0 Å². The molecule has 2 nitrogen and oxygen atoms in total. The average Bonchev–Trinajstić information content (AvgIpc) is 2.45. The molecule has 20 heavy (non-hydrogen) atoms. The topological polar surface area (TPSA) is 24.9 Å². The summed E-state index contributed by atoms with van der Waals surface area (Å²) in [5.74, 6) is 0. The van der Waals surface area contributed by atoms with Gasteiger partial charge in [0.1, 0.15) is 0 Å². The van der Waals surface area contributed by atoms with Crippen molar-refractivity contribution >= 4 is 15.9 Å². The first-order valence-corrected chi connectivity index (χ1v) is 7.88. The van der Waals surface area contributed by atoms with Gasteiger partial charge in [0.05, 0.1) is 0 Å². The molecule has 0 bridgehead atoms. The molecule has 0 saturated carbocycles. The van der Waals surface area contributed by atoms with Gasteiger partial charge >= 0.3 is 0 Å². The fourth-order valence-electron chi connectivity index (χ4n) is 2.40. The van der Waals surface area contributed by atoms with Gasteiger partial charge in [-0.25, -0.2) is 0 Å². The van der Waals surface area contributed by atoms with E-state index in [1.54, 1.807) is 0 Å². The van der Waals surface area contributed by atoms with E-state index >= 15 is 0 Å². The van der Waals surface area contributed by atoms with Crippen LogP contribution in [0.2, 0.25) is 0 Å². The zero-order valence-electron chi connectivity index (χ0n) is 12.1. The van der Waals surface area contributed by atoms with Gasteiger partial charge in [-0.1, -0.05) is 28.9 Å². The minimum atomic E-state index is 0.352. The number of aromatic nitrogens is 1. The second-order valence-electron chi connectivity index (χ2n) is 5.07. The van der Waals surface area contributed by atoms with Crippen LogP contribution in [0.25, 0.3) is 0 Å². The van der Waals surface area contributed by atoms with E-state index in [0.29, 0.717) is 6.04 Å². The number of halogens is 1. The molecule has 0 aliphatic heterocycles. The summed E-state index contributed by atoms with van der Waals surface area (Å²) in [6.07, 6.45) is 5.86. The van der Waals surface area contributed by atoms with Gasteiger partial charge in [-0.3, -0.25) is 4.98 Å². The van der Waals surface area contributed by atoms with Gasteiger partial charge in [0.25, 0.3) is 0 Å². The highest BCUT2D eigenvalue weighted by atomic mass is 79.9. The van der Waals surface area contributed by atoms with E-state index in [0.717, 1.165) is 23.9 Å². The summed E-state index contributed by atoms with van der Waals surface area (Å²) >= 11 is 3.54. The summed E-state index contributed by atoms with van der Waals surface area (Å²) < 4.78 is 1.14. The number of hydrogen-bond donors (Lipinski definition) is 1. The maximum absolute atomic E-state index is 4.09. The van der Waals surface area contributed by atoms with E-state index in [-0.39, 0.29) is 0 Å². The van der Waals surface area contributed by atoms with Crippen molar-refractivity contribution in [3.63, 3.8) is 0 Å². The number of nitrogens with one attached hydrogen (secondary N) is 1. The first-order valence-electron chi connectivity index (χ1n) is 7.09. The molecule has 3 heteroatoms. The molecule has 1 heterocycles. The Morgan fingerprint density at radius 3 is 2.60 bits per heavy atom. The molecule has 1 atom stereocenters. The first kappa shape index (κ1) is 15.2. The van der Waals surface area contributed by atoms with Gasteiger partial charge in [-0.2, -0.15) is 0 Å². The minimum absolute atomic E-state index is 0.352.